The maximum atomic E-state index is 12.4. The highest BCUT2D eigenvalue weighted by molar-refractivity contribution is 5.94. The van der Waals surface area contributed by atoms with Gasteiger partial charge in [0.25, 0.3) is 0 Å². The second-order valence-corrected chi connectivity index (χ2v) is 5.05. The van der Waals surface area contributed by atoms with Gasteiger partial charge in [0.1, 0.15) is 6.04 Å². The summed E-state index contributed by atoms with van der Waals surface area (Å²) in [7, 11) is 1.68. The number of carboxylic acid groups (broad SMARTS) is 1. The van der Waals surface area contributed by atoms with Gasteiger partial charge < -0.3 is 10.0 Å². The molecule has 1 heterocycles. The summed E-state index contributed by atoms with van der Waals surface area (Å²) in [5.41, 5.74) is 1.99. The molecule has 1 aromatic rings. The number of benzene rings is 1. The first-order valence-corrected chi connectivity index (χ1v) is 6.90. The minimum absolute atomic E-state index is 0.251. The van der Waals surface area contributed by atoms with E-state index >= 15 is 0 Å². The maximum absolute atomic E-state index is 12.4. The lowest BCUT2D eigenvalue weighted by Gasteiger charge is -2.27. The molecule has 1 aromatic carbocycles. The molecule has 0 bridgehead atoms. The van der Waals surface area contributed by atoms with E-state index in [0.717, 1.165) is 18.5 Å². The van der Waals surface area contributed by atoms with Crippen LogP contribution in [0.25, 0.3) is 0 Å². The molecule has 1 N–H and O–H groups in total. The number of carbonyl (C=O) groups excluding carboxylic acids is 1. The van der Waals surface area contributed by atoms with Gasteiger partial charge in [-0.3, -0.25) is 4.90 Å². The summed E-state index contributed by atoms with van der Waals surface area (Å²) in [5.74, 6) is -0.925. The van der Waals surface area contributed by atoms with Crippen LogP contribution < -0.4 is 4.90 Å². The van der Waals surface area contributed by atoms with E-state index in [2.05, 4.69) is 6.92 Å². The van der Waals surface area contributed by atoms with Crippen molar-refractivity contribution in [1.82, 2.24) is 4.90 Å². The highest BCUT2D eigenvalue weighted by Gasteiger charge is 2.35. The molecule has 1 aliphatic rings. The van der Waals surface area contributed by atoms with E-state index in [1.165, 1.54) is 15.4 Å². The van der Waals surface area contributed by atoms with Crippen molar-refractivity contribution < 1.29 is 14.7 Å². The summed E-state index contributed by atoms with van der Waals surface area (Å²) >= 11 is 0. The van der Waals surface area contributed by atoms with Crippen LogP contribution in [0.5, 0.6) is 0 Å². The fourth-order valence-corrected chi connectivity index (χ4v) is 2.51. The zero-order valence-corrected chi connectivity index (χ0v) is 11.9. The fourth-order valence-electron chi connectivity index (χ4n) is 2.51. The summed E-state index contributed by atoms with van der Waals surface area (Å²) in [4.78, 5) is 26.5. The van der Waals surface area contributed by atoms with Gasteiger partial charge in [-0.25, -0.2) is 9.59 Å². The van der Waals surface area contributed by atoms with E-state index in [1.54, 1.807) is 7.05 Å². The van der Waals surface area contributed by atoms with Crippen molar-refractivity contribution in [2.24, 2.45) is 0 Å². The van der Waals surface area contributed by atoms with Crippen LogP contribution >= 0.6 is 0 Å². The molecular formula is C15H20N2O3. The fraction of sp³-hybridized carbons (Fsp3) is 0.467. The van der Waals surface area contributed by atoms with Gasteiger partial charge >= 0.3 is 12.0 Å². The molecule has 1 atom stereocenters. The van der Waals surface area contributed by atoms with Crippen LogP contribution in [0.15, 0.2) is 24.3 Å². The van der Waals surface area contributed by atoms with Crippen molar-refractivity contribution in [3.05, 3.63) is 29.8 Å². The number of urea groups is 1. The number of carboxylic acids is 1. The van der Waals surface area contributed by atoms with E-state index < -0.39 is 12.0 Å². The van der Waals surface area contributed by atoms with E-state index in [0.29, 0.717) is 13.0 Å². The largest absolute Gasteiger partial charge is 0.480 e. The summed E-state index contributed by atoms with van der Waals surface area (Å²) in [5, 5.41) is 9.14. The van der Waals surface area contributed by atoms with Crippen LogP contribution in [0, 0.1) is 0 Å². The number of nitrogens with zero attached hydrogens (tertiary/aromatic N) is 2. The molecule has 108 valence electrons. The first-order valence-electron chi connectivity index (χ1n) is 6.90. The van der Waals surface area contributed by atoms with Gasteiger partial charge in [-0.1, -0.05) is 19.1 Å². The standard InChI is InChI=1S/C15H20N2O3/c1-3-11-6-8-12(9-7-11)16(2)15(20)17-10-4-5-13(17)14(18)19/h6-9,13H,3-5,10H2,1-2H3,(H,18,19). The van der Waals surface area contributed by atoms with Crippen molar-refractivity contribution in [2.45, 2.75) is 32.2 Å². The molecule has 0 aliphatic carbocycles. The zero-order chi connectivity index (χ0) is 14.7. The summed E-state index contributed by atoms with van der Waals surface area (Å²) < 4.78 is 0. The van der Waals surface area contributed by atoms with Crippen LogP contribution in [-0.2, 0) is 11.2 Å². The number of hydrogen-bond acceptors (Lipinski definition) is 2. The number of rotatable bonds is 3. The number of carbonyl (C=O) groups is 2. The second-order valence-electron chi connectivity index (χ2n) is 5.05. The summed E-state index contributed by atoms with van der Waals surface area (Å²) in [6.07, 6.45) is 2.22. The van der Waals surface area contributed by atoms with Gasteiger partial charge in [0.05, 0.1) is 0 Å². The minimum atomic E-state index is -0.925. The molecule has 0 spiro atoms. The zero-order valence-electron chi connectivity index (χ0n) is 11.9. The Kier molecular flexibility index (Phi) is 4.27. The van der Waals surface area contributed by atoms with Gasteiger partial charge in [-0.2, -0.15) is 0 Å². The number of aryl methyl sites for hydroxylation is 1. The molecule has 20 heavy (non-hydrogen) atoms. The minimum Gasteiger partial charge on any atom is -0.480 e. The van der Waals surface area contributed by atoms with Crippen LogP contribution in [0.1, 0.15) is 25.3 Å². The Morgan fingerprint density at radius 3 is 2.55 bits per heavy atom. The quantitative estimate of drug-likeness (QED) is 0.922. The number of hydrogen-bond donors (Lipinski definition) is 1. The Balaban J connectivity index is 2.13. The number of anilines is 1. The Morgan fingerprint density at radius 2 is 2.00 bits per heavy atom. The van der Waals surface area contributed by atoms with Crippen molar-refractivity contribution in [3.63, 3.8) is 0 Å². The SMILES string of the molecule is CCc1ccc(N(C)C(=O)N2CCCC2C(=O)O)cc1. The highest BCUT2D eigenvalue weighted by Crippen LogP contribution is 2.22. The Bertz CT molecular complexity index is 498. The monoisotopic (exact) mass is 276 g/mol. The van der Waals surface area contributed by atoms with Crippen molar-refractivity contribution in [1.29, 1.82) is 0 Å². The average molecular weight is 276 g/mol. The summed E-state index contributed by atoms with van der Waals surface area (Å²) in [6.45, 7) is 2.58. The highest BCUT2D eigenvalue weighted by atomic mass is 16.4. The molecular weight excluding hydrogens is 256 g/mol. The Morgan fingerprint density at radius 1 is 1.35 bits per heavy atom. The molecule has 0 aromatic heterocycles. The molecule has 2 amide bonds. The topological polar surface area (TPSA) is 60.9 Å². The molecule has 1 fully saturated rings. The first-order chi connectivity index (χ1) is 9.54. The molecule has 1 aliphatic heterocycles. The van der Waals surface area contributed by atoms with Gasteiger partial charge in [0.15, 0.2) is 0 Å². The third-order valence-corrected chi connectivity index (χ3v) is 3.80. The van der Waals surface area contributed by atoms with Crippen molar-refractivity contribution >= 4 is 17.7 Å². The lowest BCUT2D eigenvalue weighted by atomic mass is 10.1. The molecule has 2 rings (SSSR count). The third kappa shape index (κ3) is 2.76. The predicted molar refractivity (Wildman–Crippen MR) is 77.0 cm³/mol. The maximum Gasteiger partial charge on any atom is 0.326 e. The van der Waals surface area contributed by atoms with Gasteiger partial charge in [-0.05, 0) is 37.0 Å². The first kappa shape index (κ1) is 14.4. The van der Waals surface area contributed by atoms with Crippen LogP contribution in [0.2, 0.25) is 0 Å². The van der Waals surface area contributed by atoms with E-state index in [9.17, 15) is 9.59 Å². The number of amides is 2. The van der Waals surface area contributed by atoms with E-state index in [1.807, 2.05) is 24.3 Å². The summed E-state index contributed by atoms with van der Waals surface area (Å²) in [6, 6.07) is 6.81. The van der Waals surface area contributed by atoms with Crippen molar-refractivity contribution in [2.75, 3.05) is 18.5 Å². The van der Waals surface area contributed by atoms with Crippen molar-refractivity contribution in [3.8, 4) is 0 Å². The van der Waals surface area contributed by atoms with E-state index in [-0.39, 0.29) is 6.03 Å². The van der Waals surface area contributed by atoms with Gasteiger partial charge in [0, 0.05) is 19.3 Å². The lowest BCUT2D eigenvalue weighted by molar-refractivity contribution is -0.141. The molecule has 1 saturated heterocycles. The van der Waals surface area contributed by atoms with Crippen LogP contribution in [0.3, 0.4) is 0 Å². The van der Waals surface area contributed by atoms with Gasteiger partial charge in [-0.15, -0.1) is 0 Å². The molecule has 0 radical (unpaired) electrons. The lowest BCUT2D eigenvalue weighted by Crippen LogP contribution is -2.46. The number of likely N-dealkylation sites (tertiary alicyclic amines) is 1. The Hall–Kier alpha value is -2.04. The second kappa shape index (κ2) is 5.94. The van der Waals surface area contributed by atoms with Crippen LogP contribution in [0.4, 0.5) is 10.5 Å². The average Bonchev–Trinajstić information content (AvgIpc) is 2.95. The predicted octanol–water partition coefficient (Wildman–Crippen LogP) is 2.35. The molecule has 5 nitrogen and oxygen atoms in total. The smallest absolute Gasteiger partial charge is 0.326 e. The van der Waals surface area contributed by atoms with Gasteiger partial charge in [0.2, 0.25) is 0 Å². The molecule has 1 unspecified atom stereocenters. The Labute approximate surface area is 118 Å². The van der Waals surface area contributed by atoms with Crippen LogP contribution in [-0.4, -0.2) is 41.6 Å². The number of aliphatic carboxylic acids is 1. The molecule has 5 heteroatoms. The third-order valence-electron chi connectivity index (χ3n) is 3.80. The molecule has 0 saturated carbocycles. The van der Waals surface area contributed by atoms with E-state index in [4.69, 9.17) is 5.11 Å². The normalized spacial score (nSPS) is 18.1.